The number of hydrogen-bond donors (Lipinski definition) is 0. The van der Waals surface area contributed by atoms with Crippen molar-refractivity contribution in [1.29, 1.82) is 0 Å². The molecular formula is C9H8Cl2O. The third kappa shape index (κ3) is 1.27. The summed E-state index contributed by atoms with van der Waals surface area (Å²) in [6.07, 6.45) is 0.944. The average molecular weight is 203 g/mol. The Hall–Kier alpha value is -0.400. The molecule has 1 heterocycles. The van der Waals surface area contributed by atoms with Gasteiger partial charge in [0, 0.05) is 17.0 Å². The molecule has 0 saturated carbocycles. The van der Waals surface area contributed by atoms with Gasteiger partial charge in [0.15, 0.2) is 0 Å². The fourth-order valence-electron chi connectivity index (χ4n) is 1.45. The van der Waals surface area contributed by atoms with Crippen molar-refractivity contribution in [3.63, 3.8) is 0 Å². The highest BCUT2D eigenvalue weighted by Crippen LogP contribution is 2.33. The number of alkyl halides is 1. The van der Waals surface area contributed by atoms with Crippen LogP contribution in [0.1, 0.15) is 11.1 Å². The van der Waals surface area contributed by atoms with E-state index in [1.165, 1.54) is 5.56 Å². The minimum absolute atomic E-state index is 0.461. The number of rotatable bonds is 1. The SMILES string of the molecule is ClCc1cc(Cl)cc2c1OCC2. The standard InChI is InChI=1S/C9H8Cl2O/c10-5-7-4-8(11)3-6-1-2-12-9(6)7/h3-4H,1-2,5H2. The van der Waals surface area contributed by atoms with Crippen LogP contribution in [0.3, 0.4) is 0 Å². The van der Waals surface area contributed by atoms with E-state index in [-0.39, 0.29) is 0 Å². The molecule has 64 valence electrons. The van der Waals surface area contributed by atoms with Crippen molar-refractivity contribution in [3.05, 3.63) is 28.3 Å². The van der Waals surface area contributed by atoms with Gasteiger partial charge in [0.25, 0.3) is 0 Å². The largest absolute Gasteiger partial charge is 0.493 e. The molecule has 2 rings (SSSR count). The molecule has 0 bridgehead atoms. The molecule has 1 nitrogen and oxygen atoms in total. The fraction of sp³-hybridized carbons (Fsp3) is 0.333. The fourth-order valence-corrected chi connectivity index (χ4v) is 1.91. The Balaban J connectivity index is 2.55. The Morgan fingerprint density at radius 1 is 1.42 bits per heavy atom. The predicted octanol–water partition coefficient (Wildman–Crippen LogP) is 3.01. The van der Waals surface area contributed by atoms with E-state index < -0.39 is 0 Å². The number of fused-ring (bicyclic) bond motifs is 1. The summed E-state index contributed by atoms with van der Waals surface area (Å²) >= 11 is 11.6. The quantitative estimate of drug-likeness (QED) is 0.637. The van der Waals surface area contributed by atoms with E-state index in [1.54, 1.807) is 0 Å². The van der Waals surface area contributed by atoms with E-state index >= 15 is 0 Å². The van der Waals surface area contributed by atoms with Crippen molar-refractivity contribution in [2.45, 2.75) is 12.3 Å². The maximum Gasteiger partial charge on any atom is 0.127 e. The smallest absolute Gasteiger partial charge is 0.127 e. The molecule has 0 radical (unpaired) electrons. The molecule has 1 aromatic carbocycles. The number of ether oxygens (including phenoxy) is 1. The summed E-state index contributed by atoms with van der Waals surface area (Å²) in [7, 11) is 0. The van der Waals surface area contributed by atoms with Gasteiger partial charge in [-0.15, -0.1) is 11.6 Å². The van der Waals surface area contributed by atoms with Gasteiger partial charge in [-0.05, 0) is 17.7 Å². The minimum Gasteiger partial charge on any atom is -0.493 e. The highest BCUT2D eigenvalue weighted by Gasteiger charge is 2.16. The topological polar surface area (TPSA) is 9.23 Å². The first-order valence-corrected chi connectivity index (χ1v) is 4.72. The molecule has 12 heavy (non-hydrogen) atoms. The summed E-state index contributed by atoms with van der Waals surface area (Å²) < 4.78 is 5.43. The molecule has 0 spiro atoms. The Labute approximate surface area is 81.2 Å². The minimum atomic E-state index is 0.461. The zero-order valence-electron chi connectivity index (χ0n) is 6.44. The van der Waals surface area contributed by atoms with Crippen LogP contribution in [-0.4, -0.2) is 6.61 Å². The maximum absolute atomic E-state index is 5.89. The van der Waals surface area contributed by atoms with Gasteiger partial charge in [0.2, 0.25) is 0 Å². The second-order valence-corrected chi connectivity index (χ2v) is 3.49. The van der Waals surface area contributed by atoms with Gasteiger partial charge in [0.05, 0.1) is 12.5 Å². The van der Waals surface area contributed by atoms with Crippen LogP contribution in [0.4, 0.5) is 0 Å². The number of benzene rings is 1. The zero-order chi connectivity index (χ0) is 8.55. The van der Waals surface area contributed by atoms with E-state index in [2.05, 4.69) is 0 Å². The van der Waals surface area contributed by atoms with Gasteiger partial charge in [-0.1, -0.05) is 11.6 Å². The summed E-state index contributed by atoms with van der Waals surface area (Å²) in [4.78, 5) is 0. The van der Waals surface area contributed by atoms with Crippen LogP contribution in [0, 0.1) is 0 Å². The summed E-state index contributed by atoms with van der Waals surface area (Å²) in [5, 5.41) is 0.745. The lowest BCUT2D eigenvalue weighted by Gasteiger charge is -2.04. The highest BCUT2D eigenvalue weighted by molar-refractivity contribution is 6.31. The van der Waals surface area contributed by atoms with E-state index in [4.69, 9.17) is 27.9 Å². The maximum atomic E-state index is 5.89. The molecule has 0 atom stereocenters. The van der Waals surface area contributed by atoms with E-state index in [0.717, 1.165) is 29.4 Å². The van der Waals surface area contributed by atoms with Gasteiger partial charge in [-0.25, -0.2) is 0 Å². The molecule has 1 aliphatic heterocycles. The molecule has 0 unspecified atom stereocenters. The van der Waals surface area contributed by atoms with Crippen molar-refractivity contribution in [3.8, 4) is 5.75 Å². The molecule has 1 aromatic rings. The third-order valence-electron chi connectivity index (χ3n) is 1.97. The summed E-state index contributed by atoms with van der Waals surface area (Å²) in [6, 6.07) is 3.80. The zero-order valence-corrected chi connectivity index (χ0v) is 7.95. The first-order chi connectivity index (χ1) is 5.81. The van der Waals surface area contributed by atoms with Crippen LogP contribution >= 0.6 is 23.2 Å². The highest BCUT2D eigenvalue weighted by atomic mass is 35.5. The lowest BCUT2D eigenvalue weighted by Crippen LogP contribution is -1.89. The monoisotopic (exact) mass is 202 g/mol. The number of hydrogen-bond acceptors (Lipinski definition) is 1. The molecule has 0 aromatic heterocycles. The third-order valence-corrected chi connectivity index (χ3v) is 2.48. The van der Waals surface area contributed by atoms with Crippen LogP contribution in [0.25, 0.3) is 0 Å². The van der Waals surface area contributed by atoms with Crippen LogP contribution in [0.15, 0.2) is 12.1 Å². The predicted molar refractivity (Wildman–Crippen MR) is 50.2 cm³/mol. The van der Waals surface area contributed by atoms with E-state index in [1.807, 2.05) is 12.1 Å². The van der Waals surface area contributed by atoms with Gasteiger partial charge in [-0.2, -0.15) is 0 Å². The first kappa shape index (κ1) is 8.21. The molecule has 0 N–H and O–H groups in total. The van der Waals surface area contributed by atoms with E-state index in [9.17, 15) is 0 Å². The van der Waals surface area contributed by atoms with Gasteiger partial charge in [0.1, 0.15) is 5.75 Å². The van der Waals surface area contributed by atoms with Gasteiger partial charge < -0.3 is 4.74 Å². The molecule has 0 aliphatic carbocycles. The first-order valence-electron chi connectivity index (χ1n) is 3.81. The van der Waals surface area contributed by atoms with Gasteiger partial charge >= 0.3 is 0 Å². The van der Waals surface area contributed by atoms with Crippen LogP contribution < -0.4 is 4.74 Å². The molecule has 0 saturated heterocycles. The Morgan fingerprint density at radius 2 is 2.25 bits per heavy atom. The molecule has 0 fully saturated rings. The van der Waals surface area contributed by atoms with Crippen LogP contribution in [0.5, 0.6) is 5.75 Å². The van der Waals surface area contributed by atoms with Gasteiger partial charge in [-0.3, -0.25) is 0 Å². The number of halogens is 2. The lowest BCUT2D eigenvalue weighted by molar-refractivity contribution is 0.354. The molecule has 3 heteroatoms. The molecular weight excluding hydrogens is 195 g/mol. The van der Waals surface area contributed by atoms with Crippen molar-refractivity contribution < 1.29 is 4.74 Å². The average Bonchev–Trinajstić information content (AvgIpc) is 2.50. The Kier molecular flexibility index (Phi) is 2.16. The Morgan fingerprint density at radius 3 is 3.00 bits per heavy atom. The van der Waals surface area contributed by atoms with Crippen molar-refractivity contribution in [1.82, 2.24) is 0 Å². The molecule has 1 aliphatic rings. The molecule has 0 amide bonds. The second kappa shape index (κ2) is 3.15. The normalized spacial score (nSPS) is 14.2. The van der Waals surface area contributed by atoms with Crippen molar-refractivity contribution in [2.75, 3.05) is 6.61 Å². The summed E-state index contributed by atoms with van der Waals surface area (Å²) in [5.74, 6) is 1.40. The van der Waals surface area contributed by atoms with E-state index in [0.29, 0.717) is 5.88 Å². The second-order valence-electron chi connectivity index (χ2n) is 2.79. The lowest BCUT2D eigenvalue weighted by atomic mass is 10.1. The summed E-state index contributed by atoms with van der Waals surface area (Å²) in [5.41, 5.74) is 2.18. The van der Waals surface area contributed by atoms with Crippen LogP contribution in [0.2, 0.25) is 5.02 Å². The van der Waals surface area contributed by atoms with Crippen molar-refractivity contribution in [2.24, 2.45) is 0 Å². The van der Waals surface area contributed by atoms with Crippen LogP contribution in [-0.2, 0) is 12.3 Å². The summed E-state index contributed by atoms with van der Waals surface area (Å²) in [6.45, 7) is 0.750. The Bertz CT molecular complexity index is 310. The van der Waals surface area contributed by atoms with Crippen molar-refractivity contribution >= 4 is 23.2 Å².